The second-order valence-electron chi connectivity index (χ2n) is 1.39. The van der Waals surface area contributed by atoms with Gasteiger partial charge in [0, 0.05) is 0 Å². The van der Waals surface area contributed by atoms with Crippen LogP contribution in [0.3, 0.4) is 0 Å². The first-order chi connectivity index (χ1) is 2.81. The highest BCUT2D eigenvalue weighted by atomic mass is 13.8. The first kappa shape index (κ1) is 5.74. The van der Waals surface area contributed by atoms with Gasteiger partial charge in [-0.05, 0) is 27.2 Å². The van der Waals surface area contributed by atoms with E-state index in [-0.39, 0.29) is 0 Å². The van der Waals surface area contributed by atoms with Gasteiger partial charge in [-0.1, -0.05) is 11.6 Å². The largest absolute Gasteiger partial charge is 0.0887 e. The predicted molar refractivity (Wildman–Crippen MR) is 29.4 cm³/mol. The van der Waals surface area contributed by atoms with Crippen molar-refractivity contribution in [2.24, 2.45) is 0 Å². The van der Waals surface area contributed by atoms with Crippen molar-refractivity contribution in [1.29, 1.82) is 0 Å². The van der Waals surface area contributed by atoms with Gasteiger partial charge in [-0.2, -0.15) is 0 Å². The van der Waals surface area contributed by atoms with Gasteiger partial charge in [0.2, 0.25) is 0 Å². The van der Waals surface area contributed by atoms with Crippen LogP contribution in [-0.4, -0.2) is 0 Å². The number of hydrogen-bond donors (Lipinski definition) is 0. The minimum Gasteiger partial charge on any atom is -0.0887 e. The third-order valence-electron chi connectivity index (χ3n) is 0.887. The Balaban J connectivity index is 3.22. The van der Waals surface area contributed by atoms with Crippen LogP contribution in [0, 0.1) is 6.92 Å². The van der Waals surface area contributed by atoms with E-state index in [1.807, 2.05) is 6.92 Å². The maximum Gasteiger partial charge on any atom is -0.0323 e. The third kappa shape index (κ3) is 2.01. The minimum atomic E-state index is 0.941. The maximum absolute atomic E-state index is 3.69. The maximum atomic E-state index is 3.69. The van der Waals surface area contributed by atoms with Crippen LogP contribution < -0.4 is 0 Å². The molecule has 35 valence electrons. The van der Waals surface area contributed by atoms with Crippen molar-refractivity contribution < 1.29 is 0 Å². The topological polar surface area (TPSA) is 0 Å². The first-order valence-electron chi connectivity index (χ1n) is 2.22. The second-order valence-corrected chi connectivity index (χ2v) is 1.39. The Labute approximate surface area is 39.9 Å². The lowest BCUT2D eigenvalue weighted by molar-refractivity contribution is 1.20. The quantitative estimate of drug-likeness (QED) is 0.426. The Bertz CT molecular complexity index is 51.1. The molecular formula is C6H11. The van der Waals surface area contributed by atoms with Crippen molar-refractivity contribution in [3.8, 4) is 0 Å². The van der Waals surface area contributed by atoms with E-state index in [4.69, 9.17) is 0 Å². The Morgan fingerprint density at radius 1 is 1.83 bits per heavy atom. The Kier molecular flexibility index (Phi) is 2.82. The molecule has 0 aliphatic heterocycles. The number of rotatable bonds is 1. The Hall–Kier alpha value is -0.260. The van der Waals surface area contributed by atoms with E-state index in [1.54, 1.807) is 0 Å². The van der Waals surface area contributed by atoms with Gasteiger partial charge in [0.25, 0.3) is 0 Å². The van der Waals surface area contributed by atoms with E-state index in [0.29, 0.717) is 0 Å². The summed E-state index contributed by atoms with van der Waals surface area (Å²) in [7, 11) is 0. The molecular weight excluding hydrogens is 72.1 g/mol. The molecule has 0 rings (SSSR count). The highest BCUT2D eigenvalue weighted by Gasteiger charge is 1.73. The zero-order chi connectivity index (χ0) is 4.99. The van der Waals surface area contributed by atoms with Gasteiger partial charge in [-0.15, -0.1) is 0 Å². The molecule has 0 N–H and O–H groups in total. The van der Waals surface area contributed by atoms with Crippen LogP contribution >= 0.6 is 0 Å². The van der Waals surface area contributed by atoms with Gasteiger partial charge in [-0.25, -0.2) is 0 Å². The first-order valence-corrected chi connectivity index (χ1v) is 2.22. The summed E-state index contributed by atoms with van der Waals surface area (Å²) in [6.07, 6.45) is 3.02. The van der Waals surface area contributed by atoms with Gasteiger partial charge in [-0.3, -0.25) is 0 Å². The molecule has 0 atom stereocenters. The summed E-state index contributed by atoms with van der Waals surface area (Å²) < 4.78 is 0. The molecule has 0 amide bonds. The summed E-state index contributed by atoms with van der Waals surface area (Å²) in [4.78, 5) is 0. The molecule has 0 aliphatic carbocycles. The molecule has 0 aromatic carbocycles. The smallest absolute Gasteiger partial charge is 0.0323 e. The minimum absolute atomic E-state index is 0.941. The molecule has 0 fully saturated rings. The lowest BCUT2D eigenvalue weighted by Gasteiger charge is -1.84. The van der Waals surface area contributed by atoms with Crippen LogP contribution in [0.1, 0.15) is 20.3 Å². The molecule has 6 heavy (non-hydrogen) atoms. The van der Waals surface area contributed by atoms with Gasteiger partial charge in [0.05, 0.1) is 0 Å². The average molecular weight is 83.2 g/mol. The molecule has 0 aromatic rings. The van der Waals surface area contributed by atoms with E-state index in [1.165, 1.54) is 5.57 Å². The molecule has 0 heterocycles. The van der Waals surface area contributed by atoms with Crippen LogP contribution in [0.25, 0.3) is 0 Å². The van der Waals surface area contributed by atoms with E-state index >= 15 is 0 Å². The fourth-order valence-electron chi connectivity index (χ4n) is 0.144. The van der Waals surface area contributed by atoms with Gasteiger partial charge in [0.15, 0.2) is 0 Å². The Morgan fingerprint density at radius 2 is 2.33 bits per heavy atom. The Morgan fingerprint density at radius 3 is 2.33 bits per heavy atom. The summed E-state index contributed by atoms with van der Waals surface area (Å²) >= 11 is 0. The SMILES string of the molecule is [CH2]CC(C)=CC. The predicted octanol–water partition coefficient (Wildman–Crippen LogP) is 2.18. The lowest BCUT2D eigenvalue weighted by atomic mass is 10.2. The van der Waals surface area contributed by atoms with Crippen LogP contribution in [0.5, 0.6) is 0 Å². The number of allylic oxidation sites excluding steroid dienone is 2. The summed E-state index contributed by atoms with van der Waals surface area (Å²) in [5.41, 5.74) is 1.36. The normalized spacial score (nSPS) is 12.2. The molecule has 0 heteroatoms. The zero-order valence-electron chi connectivity index (χ0n) is 4.49. The van der Waals surface area contributed by atoms with Crippen molar-refractivity contribution in [2.75, 3.05) is 0 Å². The van der Waals surface area contributed by atoms with E-state index in [0.717, 1.165) is 6.42 Å². The van der Waals surface area contributed by atoms with Crippen molar-refractivity contribution in [3.63, 3.8) is 0 Å². The monoisotopic (exact) mass is 83.1 g/mol. The van der Waals surface area contributed by atoms with E-state index < -0.39 is 0 Å². The van der Waals surface area contributed by atoms with Crippen LogP contribution in [0.2, 0.25) is 0 Å². The van der Waals surface area contributed by atoms with Crippen molar-refractivity contribution >= 4 is 0 Å². The molecule has 0 aromatic heterocycles. The summed E-state index contributed by atoms with van der Waals surface area (Å²) in [5, 5.41) is 0. The molecule has 0 aliphatic rings. The molecule has 1 radical (unpaired) electrons. The van der Waals surface area contributed by atoms with Crippen molar-refractivity contribution in [2.45, 2.75) is 20.3 Å². The lowest BCUT2D eigenvalue weighted by Crippen LogP contribution is -1.64. The third-order valence-corrected chi connectivity index (χ3v) is 0.887. The van der Waals surface area contributed by atoms with Crippen LogP contribution in [-0.2, 0) is 0 Å². The molecule has 0 spiro atoms. The van der Waals surface area contributed by atoms with Crippen LogP contribution in [0.4, 0.5) is 0 Å². The second kappa shape index (κ2) is 2.95. The fraction of sp³-hybridized carbons (Fsp3) is 0.500. The molecule has 0 bridgehead atoms. The molecule has 0 unspecified atom stereocenters. The highest BCUT2D eigenvalue weighted by Crippen LogP contribution is 1.93. The molecule has 0 nitrogen and oxygen atoms in total. The van der Waals surface area contributed by atoms with E-state index in [2.05, 4.69) is 19.9 Å². The van der Waals surface area contributed by atoms with Gasteiger partial charge < -0.3 is 0 Å². The zero-order valence-corrected chi connectivity index (χ0v) is 4.49. The molecule has 0 saturated carbocycles. The van der Waals surface area contributed by atoms with E-state index in [9.17, 15) is 0 Å². The van der Waals surface area contributed by atoms with Crippen molar-refractivity contribution in [3.05, 3.63) is 18.6 Å². The van der Waals surface area contributed by atoms with Crippen molar-refractivity contribution in [1.82, 2.24) is 0 Å². The van der Waals surface area contributed by atoms with Crippen LogP contribution in [0.15, 0.2) is 11.6 Å². The average Bonchev–Trinajstić information content (AvgIpc) is 1.65. The molecule has 0 saturated heterocycles. The fourth-order valence-corrected chi connectivity index (χ4v) is 0.144. The van der Waals surface area contributed by atoms with Gasteiger partial charge >= 0.3 is 0 Å². The summed E-state index contributed by atoms with van der Waals surface area (Å²) in [6.45, 7) is 7.79. The summed E-state index contributed by atoms with van der Waals surface area (Å²) in [5.74, 6) is 0. The standard InChI is InChI=1S/C6H11/c1-4-6(3)5-2/h5H,1,4H2,2-3H3. The number of hydrogen-bond acceptors (Lipinski definition) is 0. The summed E-state index contributed by atoms with van der Waals surface area (Å²) in [6, 6.07) is 0. The highest BCUT2D eigenvalue weighted by molar-refractivity contribution is 4.95. The van der Waals surface area contributed by atoms with Gasteiger partial charge in [0.1, 0.15) is 0 Å².